The van der Waals surface area contributed by atoms with E-state index in [0.29, 0.717) is 11.8 Å². The molecule has 0 spiro atoms. The Hall–Kier alpha value is -2.42. The second-order valence-corrected chi connectivity index (χ2v) is 6.65. The van der Waals surface area contributed by atoms with Crippen molar-refractivity contribution in [2.45, 2.75) is 25.7 Å². The highest BCUT2D eigenvalue weighted by Crippen LogP contribution is 2.27. The predicted molar refractivity (Wildman–Crippen MR) is 83.4 cm³/mol. The first-order valence-electron chi connectivity index (χ1n) is 7.01. The van der Waals surface area contributed by atoms with Crippen LogP contribution in [0.25, 0.3) is 0 Å². The van der Waals surface area contributed by atoms with Crippen LogP contribution in [0.4, 0.5) is 14.5 Å². The molecule has 9 heteroatoms. The van der Waals surface area contributed by atoms with Crippen LogP contribution in [0.2, 0.25) is 0 Å². The average molecular weight is 358 g/mol. The zero-order chi connectivity index (χ0) is 18.1. The topological polar surface area (TPSA) is 88.3 Å². The van der Waals surface area contributed by atoms with Crippen molar-refractivity contribution in [3.63, 3.8) is 0 Å². The molecule has 0 saturated heterocycles. The number of rotatable bonds is 5. The zero-order valence-electron chi connectivity index (χ0n) is 13.2. The number of aromatic nitrogens is 1. The second kappa shape index (κ2) is 6.60. The van der Waals surface area contributed by atoms with Crippen molar-refractivity contribution in [2.75, 3.05) is 11.3 Å². The Morgan fingerprint density at radius 1 is 1.21 bits per heavy atom. The van der Waals surface area contributed by atoms with Gasteiger partial charge in [0.2, 0.25) is 0 Å². The van der Waals surface area contributed by atoms with Crippen molar-refractivity contribution < 1.29 is 26.7 Å². The molecule has 6 nitrogen and oxygen atoms in total. The number of aromatic amines is 1. The van der Waals surface area contributed by atoms with Gasteiger partial charge in [0.15, 0.2) is 11.6 Å². The molecule has 0 radical (unpaired) electrons. The summed E-state index contributed by atoms with van der Waals surface area (Å²) in [4.78, 5) is 14.5. The number of ether oxygens (including phenoxy) is 1. The lowest BCUT2D eigenvalue weighted by molar-refractivity contribution is 0.0521. The van der Waals surface area contributed by atoms with Gasteiger partial charge in [-0.1, -0.05) is 0 Å². The number of carbonyl (C=O) groups excluding carboxylic acids is 1. The highest BCUT2D eigenvalue weighted by Gasteiger charge is 2.30. The van der Waals surface area contributed by atoms with Gasteiger partial charge in [0.25, 0.3) is 10.0 Å². The number of esters is 1. The fraction of sp³-hybridized carbons (Fsp3) is 0.267. The Morgan fingerprint density at radius 2 is 1.88 bits per heavy atom. The lowest BCUT2D eigenvalue weighted by Gasteiger charge is -2.10. The SMILES string of the molecule is CCOC(=O)c1c(C)[nH]c(C)c1S(=O)(=O)Nc1ccc(F)c(F)c1. The van der Waals surface area contributed by atoms with Crippen molar-refractivity contribution >= 4 is 21.7 Å². The number of H-pyrrole nitrogens is 1. The van der Waals surface area contributed by atoms with Gasteiger partial charge in [-0.05, 0) is 32.9 Å². The maximum atomic E-state index is 13.3. The van der Waals surface area contributed by atoms with Crippen molar-refractivity contribution in [1.82, 2.24) is 4.98 Å². The fourth-order valence-electron chi connectivity index (χ4n) is 2.31. The number of nitrogens with one attached hydrogen (secondary N) is 2. The third-order valence-corrected chi connectivity index (χ3v) is 4.79. The molecule has 0 saturated carbocycles. The standard InChI is InChI=1S/C15H16F2N2O4S/c1-4-23-15(20)13-8(2)18-9(3)14(13)24(21,22)19-10-5-6-11(16)12(17)7-10/h5-7,18-19H,4H2,1-3H3. The number of sulfonamides is 1. The van der Waals surface area contributed by atoms with Crippen molar-refractivity contribution in [3.8, 4) is 0 Å². The molecule has 1 heterocycles. The largest absolute Gasteiger partial charge is 0.462 e. The quantitative estimate of drug-likeness (QED) is 0.805. The fourth-order valence-corrected chi connectivity index (χ4v) is 3.81. The Kier molecular flexibility index (Phi) is 4.93. The van der Waals surface area contributed by atoms with E-state index in [1.165, 1.54) is 13.8 Å². The minimum Gasteiger partial charge on any atom is -0.462 e. The Balaban J connectivity index is 2.49. The number of anilines is 1. The van der Waals surface area contributed by atoms with E-state index in [4.69, 9.17) is 4.74 Å². The number of benzene rings is 1. The molecule has 0 bridgehead atoms. The number of carbonyl (C=O) groups is 1. The molecule has 0 aliphatic carbocycles. The minimum absolute atomic E-state index is 0.0819. The average Bonchev–Trinajstić information content (AvgIpc) is 2.78. The van der Waals surface area contributed by atoms with Crippen LogP contribution in [0.15, 0.2) is 23.1 Å². The van der Waals surface area contributed by atoms with E-state index in [1.807, 2.05) is 0 Å². The van der Waals surface area contributed by atoms with Gasteiger partial charge in [-0.25, -0.2) is 22.0 Å². The van der Waals surface area contributed by atoms with Crippen LogP contribution in [0.3, 0.4) is 0 Å². The van der Waals surface area contributed by atoms with Crippen LogP contribution in [-0.4, -0.2) is 26.0 Å². The summed E-state index contributed by atoms with van der Waals surface area (Å²) < 4.78 is 58.4. The van der Waals surface area contributed by atoms with E-state index in [1.54, 1.807) is 6.92 Å². The zero-order valence-corrected chi connectivity index (χ0v) is 14.1. The van der Waals surface area contributed by atoms with E-state index in [-0.39, 0.29) is 28.4 Å². The van der Waals surface area contributed by atoms with Gasteiger partial charge < -0.3 is 9.72 Å². The first kappa shape index (κ1) is 17.9. The van der Waals surface area contributed by atoms with E-state index < -0.39 is 27.6 Å². The summed E-state index contributed by atoms with van der Waals surface area (Å²) in [7, 11) is -4.22. The molecule has 0 amide bonds. The molecule has 0 atom stereocenters. The van der Waals surface area contributed by atoms with Crippen LogP contribution in [0.1, 0.15) is 28.7 Å². The van der Waals surface area contributed by atoms with Crippen molar-refractivity contribution in [3.05, 3.63) is 46.8 Å². The third-order valence-electron chi connectivity index (χ3n) is 3.24. The Labute approximate surface area is 137 Å². The minimum atomic E-state index is -4.22. The molecule has 2 rings (SSSR count). The van der Waals surface area contributed by atoms with E-state index in [9.17, 15) is 22.0 Å². The summed E-state index contributed by atoms with van der Waals surface area (Å²) in [5.74, 6) is -3.08. The number of hydrogen-bond acceptors (Lipinski definition) is 4. The first-order valence-corrected chi connectivity index (χ1v) is 8.49. The van der Waals surface area contributed by atoms with Gasteiger partial charge in [0, 0.05) is 17.5 Å². The van der Waals surface area contributed by atoms with Crippen LogP contribution in [0, 0.1) is 25.5 Å². The number of aryl methyl sites for hydroxylation is 2. The van der Waals surface area contributed by atoms with Gasteiger partial charge in [-0.3, -0.25) is 4.72 Å². The maximum Gasteiger partial charge on any atom is 0.341 e. The van der Waals surface area contributed by atoms with Crippen LogP contribution in [0.5, 0.6) is 0 Å². The molecule has 0 aliphatic heterocycles. The van der Waals surface area contributed by atoms with Gasteiger partial charge in [-0.2, -0.15) is 0 Å². The molecular formula is C15H16F2N2O4S. The highest BCUT2D eigenvalue weighted by atomic mass is 32.2. The van der Waals surface area contributed by atoms with Crippen LogP contribution in [-0.2, 0) is 14.8 Å². The first-order chi connectivity index (χ1) is 11.2. The number of halogens is 2. The molecule has 2 N–H and O–H groups in total. The lowest BCUT2D eigenvalue weighted by atomic mass is 10.2. The van der Waals surface area contributed by atoms with E-state index in [0.717, 1.165) is 12.1 Å². The molecule has 0 fully saturated rings. The molecule has 0 aliphatic rings. The molecule has 1 aromatic carbocycles. The number of hydrogen-bond donors (Lipinski definition) is 2. The van der Waals surface area contributed by atoms with Gasteiger partial charge in [0.1, 0.15) is 10.5 Å². The maximum absolute atomic E-state index is 13.3. The summed E-state index contributed by atoms with van der Waals surface area (Å²) >= 11 is 0. The molecule has 2 aromatic rings. The smallest absolute Gasteiger partial charge is 0.341 e. The van der Waals surface area contributed by atoms with Gasteiger partial charge >= 0.3 is 5.97 Å². The molecule has 1 aromatic heterocycles. The normalized spacial score (nSPS) is 11.4. The van der Waals surface area contributed by atoms with E-state index in [2.05, 4.69) is 9.71 Å². The van der Waals surface area contributed by atoms with E-state index >= 15 is 0 Å². The molecular weight excluding hydrogens is 342 g/mol. The summed E-state index contributed by atoms with van der Waals surface area (Å²) in [6.07, 6.45) is 0. The summed E-state index contributed by atoms with van der Waals surface area (Å²) in [5, 5.41) is 0. The molecule has 130 valence electrons. The van der Waals surface area contributed by atoms with Crippen LogP contribution < -0.4 is 4.72 Å². The van der Waals surface area contributed by atoms with Gasteiger partial charge in [-0.15, -0.1) is 0 Å². The van der Waals surface area contributed by atoms with Crippen LogP contribution >= 0.6 is 0 Å². The molecule has 0 unspecified atom stereocenters. The highest BCUT2D eigenvalue weighted by molar-refractivity contribution is 7.92. The van der Waals surface area contributed by atoms with Crippen molar-refractivity contribution in [2.24, 2.45) is 0 Å². The Morgan fingerprint density at radius 3 is 2.46 bits per heavy atom. The predicted octanol–water partition coefficient (Wildman–Crippen LogP) is 2.89. The third kappa shape index (κ3) is 3.40. The van der Waals surface area contributed by atoms with Gasteiger partial charge in [0.05, 0.1) is 12.3 Å². The Bertz CT molecular complexity index is 891. The summed E-state index contributed by atoms with van der Waals surface area (Å²) in [6, 6.07) is 2.59. The second-order valence-electron chi connectivity index (χ2n) is 5.03. The monoisotopic (exact) mass is 358 g/mol. The summed E-state index contributed by atoms with van der Waals surface area (Å²) in [6.45, 7) is 4.70. The van der Waals surface area contributed by atoms with Crippen molar-refractivity contribution in [1.29, 1.82) is 0 Å². The summed E-state index contributed by atoms with van der Waals surface area (Å²) in [5.41, 5.74) is 0.272. The lowest BCUT2D eigenvalue weighted by Crippen LogP contribution is -2.18. The molecule has 24 heavy (non-hydrogen) atoms.